The van der Waals surface area contributed by atoms with Crippen LogP contribution < -0.4 is 0 Å². The van der Waals surface area contributed by atoms with Crippen molar-refractivity contribution in [3.63, 3.8) is 0 Å². The van der Waals surface area contributed by atoms with Gasteiger partial charge in [-0.25, -0.2) is 4.79 Å². The maximum atomic E-state index is 11.7. The molecule has 0 unspecified atom stereocenters. The van der Waals surface area contributed by atoms with E-state index in [0.717, 1.165) is 13.0 Å². The van der Waals surface area contributed by atoms with Crippen LogP contribution in [-0.4, -0.2) is 57.3 Å². The van der Waals surface area contributed by atoms with Crippen molar-refractivity contribution in [1.29, 1.82) is 0 Å². The Hall–Kier alpha value is -1.63. The lowest BCUT2D eigenvalue weighted by Gasteiger charge is -2.08. The van der Waals surface area contributed by atoms with Crippen molar-refractivity contribution < 1.29 is 28.8 Å². The Bertz CT molecular complexity index is 503. The van der Waals surface area contributed by atoms with Gasteiger partial charge in [0, 0.05) is 6.61 Å². The van der Waals surface area contributed by atoms with E-state index in [4.69, 9.17) is 18.9 Å². The second kappa shape index (κ2) is 18.4. The predicted octanol–water partition coefficient (Wildman–Crippen LogP) is 4.74. The summed E-state index contributed by atoms with van der Waals surface area (Å²) in [7, 11) is 0. The summed E-state index contributed by atoms with van der Waals surface area (Å²) in [5.41, 5.74) is 0.401. The van der Waals surface area contributed by atoms with Gasteiger partial charge in [0.25, 0.3) is 0 Å². The molecular weight excluding hydrogens is 372 g/mol. The van der Waals surface area contributed by atoms with Crippen LogP contribution in [0.15, 0.2) is 24.3 Å². The number of phenols is 1. The zero-order valence-electron chi connectivity index (χ0n) is 17.9. The van der Waals surface area contributed by atoms with Crippen LogP contribution >= 0.6 is 0 Å². The molecule has 0 saturated heterocycles. The average Bonchev–Trinajstić information content (AvgIpc) is 2.73. The zero-order chi connectivity index (χ0) is 21.0. The van der Waals surface area contributed by atoms with Crippen molar-refractivity contribution in [2.24, 2.45) is 0 Å². The summed E-state index contributed by atoms with van der Waals surface area (Å²) in [5, 5.41) is 9.19. The maximum Gasteiger partial charge on any atom is 0.338 e. The lowest BCUT2D eigenvalue weighted by molar-refractivity contribution is 0.000184. The first-order chi connectivity index (χ1) is 14.2. The Balaban J connectivity index is 1.77. The molecule has 0 spiro atoms. The Morgan fingerprint density at radius 2 is 1.17 bits per heavy atom. The third-order valence-corrected chi connectivity index (χ3v) is 4.45. The van der Waals surface area contributed by atoms with Crippen LogP contribution in [-0.2, 0) is 18.9 Å². The van der Waals surface area contributed by atoms with Crippen molar-refractivity contribution in [1.82, 2.24) is 0 Å². The molecule has 0 amide bonds. The lowest BCUT2D eigenvalue weighted by atomic mass is 10.1. The monoisotopic (exact) mass is 410 g/mol. The summed E-state index contributed by atoms with van der Waals surface area (Å²) in [4.78, 5) is 11.7. The van der Waals surface area contributed by atoms with Gasteiger partial charge in [-0.15, -0.1) is 0 Å². The number of carbonyl (C=O) groups is 1. The van der Waals surface area contributed by atoms with Gasteiger partial charge < -0.3 is 24.1 Å². The molecule has 0 aliphatic rings. The van der Waals surface area contributed by atoms with E-state index in [-0.39, 0.29) is 12.4 Å². The van der Waals surface area contributed by atoms with Gasteiger partial charge in [0.2, 0.25) is 0 Å². The first-order valence-electron chi connectivity index (χ1n) is 10.9. The summed E-state index contributed by atoms with van der Waals surface area (Å²) in [6.07, 6.45) is 10.4. The molecule has 0 atom stereocenters. The molecule has 166 valence electrons. The highest BCUT2D eigenvalue weighted by molar-refractivity contribution is 5.89. The fourth-order valence-electron chi connectivity index (χ4n) is 2.75. The molecule has 0 aliphatic carbocycles. The van der Waals surface area contributed by atoms with E-state index in [9.17, 15) is 9.90 Å². The van der Waals surface area contributed by atoms with E-state index >= 15 is 0 Å². The van der Waals surface area contributed by atoms with Crippen molar-refractivity contribution >= 4 is 5.97 Å². The minimum absolute atomic E-state index is 0.114. The molecule has 6 nitrogen and oxygen atoms in total. The van der Waals surface area contributed by atoms with Gasteiger partial charge in [0.1, 0.15) is 12.4 Å². The third-order valence-electron chi connectivity index (χ3n) is 4.45. The predicted molar refractivity (Wildman–Crippen MR) is 113 cm³/mol. The standard InChI is InChI=1S/C23H38O6/c1-2-3-4-5-6-7-8-9-14-26-15-16-27-17-18-28-19-20-29-23(25)21-10-12-22(24)13-11-21/h10-13,24H,2-9,14-20H2,1H3. The zero-order valence-corrected chi connectivity index (χ0v) is 17.9. The number of esters is 1. The summed E-state index contributed by atoms with van der Waals surface area (Å²) in [6.45, 7) is 5.68. The molecule has 0 aromatic heterocycles. The molecule has 0 radical (unpaired) electrons. The fourth-order valence-corrected chi connectivity index (χ4v) is 2.75. The van der Waals surface area contributed by atoms with Crippen LogP contribution in [0, 0.1) is 0 Å². The van der Waals surface area contributed by atoms with E-state index in [1.165, 1.54) is 69.2 Å². The average molecular weight is 411 g/mol. The molecule has 0 saturated carbocycles. The first-order valence-corrected chi connectivity index (χ1v) is 10.9. The number of carbonyl (C=O) groups excluding carboxylic acids is 1. The molecule has 1 aromatic rings. The molecule has 0 fully saturated rings. The number of benzene rings is 1. The number of hydrogen-bond acceptors (Lipinski definition) is 6. The quantitative estimate of drug-likeness (QED) is 0.262. The minimum atomic E-state index is -0.432. The van der Waals surface area contributed by atoms with E-state index in [2.05, 4.69) is 6.92 Å². The molecule has 1 rings (SSSR count). The summed E-state index contributed by atoms with van der Waals surface area (Å²) >= 11 is 0. The number of ether oxygens (including phenoxy) is 4. The molecule has 1 aromatic carbocycles. The number of phenolic OH excluding ortho intramolecular Hbond substituents is 1. The van der Waals surface area contributed by atoms with E-state index < -0.39 is 5.97 Å². The van der Waals surface area contributed by atoms with Gasteiger partial charge >= 0.3 is 5.97 Å². The van der Waals surface area contributed by atoms with E-state index in [1.807, 2.05) is 0 Å². The van der Waals surface area contributed by atoms with Gasteiger partial charge in [-0.05, 0) is 30.7 Å². The highest BCUT2D eigenvalue weighted by atomic mass is 16.6. The first kappa shape index (κ1) is 25.4. The topological polar surface area (TPSA) is 74.2 Å². The molecule has 6 heteroatoms. The highest BCUT2D eigenvalue weighted by Crippen LogP contribution is 2.10. The van der Waals surface area contributed by atoms with Gasteiger partial charge in [-0.2, -0.15) is 0 Å². The number of aromatic hydroxyl groups is 1. The van der Waals surface area contributed by atoms with Gasteiger partial charge in [0.15, 0.2) is 0 Å². The van der Waals surface area contributed by atoms with Crippen LogP contribution in [0.25, 0.3) is 0 Å². The Kier molecular flexibility index (Phi) is 16.1. The number of unbranched alkanes of at least 4 members (excludes halogenated alkanes) is 7. The number of rotatable bonds is 19. The van der Waals surface area contributed by atoms with Crippen LogP contribution in [0.5, 0.6) is 5.75 Å². The molecule has 0 heterocycles. The molecule has 29 heavy (non-hydrogen) atoms. The third kappa shape index (κ3) is 14.9. The van der Waals surface area contributed by atoms with Crippen molar-refractivity contribution in [2.45, 2.75) is 58.3 Å². The van der Waals surface area contributed by atoms with Gasteiger partial charge in [-0.1, -0.05) is 51.9 Å². The van der Waals surface area contributed by atoms with Gasteiger partial charge in [0.05, 0.1) is 38.6 Å². The molecule has 0 aliphatic heterocycles. The Morgan fingerprint density at radius 3 is 1.76 bits per heavy atom. The lowest BCUT2D eigenvalue weighted by Crippen LogP contribution is -2.14. The van der Waals surface area contributed by atoms with Gasteiger partial charge in [-0.3, -0.25) is 0 Å². The molecule has 0 bridgehead atoms. The van der Waals surface area contributed by atoms with Crippen LogP contribution in [0.4, 0.5) is 0 Å². The summed E-state index contributed by atoms with van der Waals surface area (Å²) in [5.74, 6) is -0.318. The van der Waals surface area contributed by atoms with E-state index in [1.54, 1.807) is 0 Å². The normalized spacial score (nSPS) is 10.9. The summed E-state index contributed by atoms with van der Waals surface area (Å²) in [6, 6.07) is 5.93. The highest BCUT2D eigenvalue weighted by Gasteiger charge is 2.06. The Morgan fingerprint density at radius 1 is 0.690 bits per heavy atom. The van der Waals surface area contributed by atoms with Crippen LogP contribution in [0.2, 0.25) is 0 Å². The molecule has 1 N–H and O–H groups in total. The maximum absolute atomic E-state index is 11.7. The van der Waals surface area contributed by atoms with E-state index in [0.29, 0.717) is 38.6 Å². The number of hydrogen-bond donors (Lipinski definition) is 1. The smallest absolute Gasteiger partial charge is 0.338 e. The second-order valence-electron chi connectivity index (χ2n) is 6.99. The SMILES string of the molecule is CCCCCCCCCCOCCOCCOCCOC(=O)c1ccc(O)cc1. The summed E-state index contributed by atoms with van der Waals surface area (Å²) < 4.78 is 21.5. The second-order valence-corrected chi connectivity index (χ2v) is 6.99. The van der Waals surface area contributed by atoms with Crippen molar-refractivity contribution in [2.75, 3.05) is 46.2 Å². The van der Waals surface area contributed by atoms with Crippen LogP contribution in [0.3, 0.4) is 0 Å². The van der Waals surface area contributed by atoms with Crippen molar-refractivity contribution in [3.05, 3.63) is 29.8 Å². The van der Waals surface area contributed by atoms with Crippen LogP contribution in [0.1, 0.15) is 68.6 Å². The van der Waals surface area contributed by atoms with Crippen molar-refractivity contribution in [3.8, 4) is 5.75 Å². The minimum Gasteiger partial charge on any atom is -0.508 e. The molecular formula is C23H38O6. The fraction of sp³-hybridized carbons (Fsp3) is 0.696. The Labute approximate surface area is 175 Å². The largest absolute Gasteiger partial charge is 0.508 e.